The lowest BCUT2D eigenvalue weighted by atomic mass is 10.2. The minimum Gasteiger partial charge on any atom is -0.344 e. The Labute approximate surface area is 145 Å². The maximum Gasteiger partial charge on any atom is 0.224 e. The summed E-state index contributed by atoms with van der Waals surface area (Å²) < 4.78 is 0. The molecule has 0 aromatic rings. The zero-order valence-corrected chi connectivity index (χ0v) is 17.3. The van der Waals surface area contributed by atoms with Crippen molar-refractivity contribution in [2.45, 2.75) is 48.5 Å². The average molecular weight is 332 g/mol. The van der Waals surface area contributed by atoms with Crippen LogP contribution in [-0.4, -0.2) is 80.3 Å². The molecule has 0 atom stereocenters. The second-order valence-corrected chi connectivity index (χ2v) is 5.66. The van der Waals surface area contributed by atoms with Crippen LogP contribution >= 0.6 is 0 Å². The van der Waals surface area contributed by atoms with Gasteiger partial charge in [-0.3, -0.25) is 14.5 Å². The number of rotatable bonds is 9. The van der Waals surface area contributed by atoms with Crippen molar-refractivity contribution in [2.75, 3.05) is 53.9 Å². The van der Waals surface area contributed by atoms with Gasteiger partial charge in [-0.2, -0.15) is 0 Å². The minimum atomic E-state index is 0.0528. The van der Waals surface area contributed by atoms with Crippen LogP contribution in [0, 0.1) is 5.92 Å². The number of Topliss-reactive ketones (excluding diaryl/α,β-unsaturated/α-hetero) is 1. The highest BCUT2D eigenvalue weighted by Crippen LogP contribution is 1.99. The Morgan fingerprint density at radius 2 is 1.17 bits per heavy atom. The van der Waals surface area contributed by atoms with E-state index in [4.69, 9.17) is 0 Å². The fourth-order valence-corrected chi connectivity index (χ4v) is 1.78. The van der Waals surface area contributed by atoms with Crippen molar-refractivity contribution in [1.82, 2.24) is 14.7 Å². The molecule has 0 spiro atoms. The molecule has 0 heterocycles. The van der Waals surface area contributed by atoms with E-state index in [1.54, 1.807) is 11.8 Å². The van der Waals surface area contributed by atoms with E-state index >= 15 is 0 Å². The Morgan fingerprint density at radius 1 is 0.783 bits per heavy atom. The van der Waals surface area contributed by atoms with Crippen LogP contribution in [0.4, 0.5) is 0 Å². The summed E-state index contributed by atoms with van der Waals surface area (Å²) in [6.07, 6.45) is 0. The van der Waals surface area contributed by atoms with Crippen LogP contribution in [-0.2, 0) is 9.59 Å². The summed E-state index contributed by atoms with van der Waals surface area (Å²) >= 11 is 0. The van der Waals surface area contributed by atoms with Gasteiger partial charge in [-0.15, -0.1) is 0 Å². The highest BCUT2D eigenvalue weighted by Gasteiger charge is 2.13. The monoisotopic (exact) mass is 331 g/mol. The van der Waals surface area contributed by atoms with E-state index in [1.165, 1.54) is 0 Å². The third-order valence-electron chi connectivity index (χ3n) is 3.04. The first kappa shape index (κ1) is 26.9. The van der Waals surface area contributed by atoms with Crippen LogP contribution in [0.3, 0.4) is 0 Å². The topological polar surface area (TPSA) is 43.9 Å². The van der Waals surface area contributed by atoms with Gasteiger partial charge in [0.1, 0.15) is 5.78 Å². The molecule has 1 amide bonds. The summed E-state index contributed by atoms with van der Waals surface area (Å²) in [7, 11) is 5.83. The van der Waals surface area contributed by atoms with E-state index in [2.05, 4.69) is 4.90 Å². The van der Waals surface area contributed by atoms with Crippen LogP contribution < -0.4 is 0 Å². The smallest absolute Gasteiger partial charge is 0.224 e. The van der Waals surface area contributed by atoms with Gasteiger partial charge in [0.15, 0.2) is 0 Å². The fourth-order valence-electron chi connectivity index (χ4n) is 1.78. The largest absolute Gasteiger partial charge is 0.344 e. The first-order valence-electron chi connectivity index (χ1n) is 8.85. The minimum absolute atomic E-state index is 0.0528. The van der Waals surface area contributed by atoms with E-state index in [-0.39, 0.29) is 17.6 Å². The van der Waals surface area contributed by atoms with Crippen LogP contribution in [0.5, 0.6) is 0 Å². The molecule has 0 aliphatic rings. The van der Waals surface area contributed by atoms with Gasteiger partial charge in [0.05, 0.1) is 6.54 Å². The summed E-state index contributed by atoms with van der Waals surface area (Å²) in [5.74, 6) is 0.423. The summed E-state index contributed by atoms with van der Waals surface area (Å²) in [5, 5.41) is 0. The molecule has 0 N–H and O–H groups in total. The molecular weight excluding hydrogens is 290 g/mol. The quantitative estimate of drug-likeness (QED) is 0.651. The van der Waals surface area contributed by atoms with E-state index in [0.717, 1.165) is 26.2 Å². The Kier molecular flexibility index (Phi) is 20.4. The molecule has 0 radical (unpaired) electrons. The zero-order chi connectivity index (χ0) is 19.0. The summed E-state index contributed by atoms with van der Waals surface area (Å²) in [5.41, 5.74) is 0. The lowest BCUT2D eigenvalue weighted by molar-refractivity contribution is -0.133. The molecule has 0 aromatic heterocycles. The number of hydrogen-bond acceptors (Lipinski definition) is 4. The zero-order valence-electron chi connectivity index (χ0n) is 17.3. The normalized spacial score (nSPS) is 9.96. The van der Waals surface area contributed by atoms with Crippen molar-refractivity contribution in [1.29, 1.82) is 0 Å². The third kappa shape index (κ3) is 17.2. The van der Waals surface area contributed by atoms with Gasteiger partial charge >= 0.3 is 0 Å². The molecule has 0 unspecified atom stereocenters. The van der Waals surface area contributed by atoms with Gasteiger partial charge in [-0.05, 0) is 21.0 Å². The molecule has 140 valence electrons. The number of likely N-dealkylation sites (N-methyl/N-ethyl adjacent to an activating group) is 3. The highest BCUT2D eigenvalue weighted by molar-refractivity contribution is 5.78. The predicted octanol–water partition coefficient (Wildman–Crippen LogP) is 2.61. The van der Waals surface area contributed by atoms with Crippen molar-refractivity contribution < 1.29 is 9.59 Å². The standard InChI is InChI=1S/C14H29N3O2.2C2H6/c1-12(2)14(19)17(6)10-9-15(4)7-8-16(5)11-13(3)18;2*1-2/h12H,7-11H2,1-6H3;2*1-2H3. The molecule has 0 saturated heterocycles. The van der Waals surface area contributed by atoms with Gasteiger partial charge in [0, 0.05) is 39.1 Å². The number of ketones is 1. The van der Waals surface area contributed by atoms with Gasteiger partial charge in [-0.1, -0.05) is 41.5 Å². The Hall–Kier alpha value is -0.940. The lowest BCUT2D eigenvalue weighted by Gasteiger charge is -2.25. The summed E-state index contributed by atoms with van der Waals surface area (Å²) in [4.78, 5) is 28.6. The molecule has 5 heteroatoms. The van der Waals surface area contributed by atoms with E-state index in [1.807, 2.05) is 67.6 Å². The van der Waals surface area contributed by atoms with E-state index in [9.17, 15) is 9.59 Å². The van der Waals surface area contributed by atoms with Gasteiger partial charge in [-0.25, -0.2) is 0 Å². The number of hydrogen-bond donors (Lipinski definition) is 0. The molecule has 0 bridgehead atoms. The Balaban J connectivity index is -0.000000919. The first-order valence-corrected chi connectivity index (χ1v) is 8.85. The van der Waals surface area contributed by atoms with Crippen LogP contribution in [0.1, 0.15) is 48.5 Å². The summed E-state index contributed by atoms with van der Waals surface area (Å²) in [6, 6.07) is 0. The first-order chi connectivity index (χ1) is 10.7. The van der Waals surface area contributed by atoms with Crippen molar-refractivity contribution >= 4 is 11.7 Å². The van der Waals surface area contributed by atoms with Crippen molar-refractivity contribution in [2.24, 2.45) is 5.92 Å². The van der Waals surface area contributed by atoms with Gasteiger partial charge < -0.3 is 9.80 Å². The molecule has 0 rings (SSSR count). The van der Waals surface area contributed by atoms with Crippen LogP contribution in [0.15, 0.2) is 0 Å². The molecule has 0 aliphatic carbocycles. The number of carbonyl (C=O) groups excluding carboxylic acids is 2. The van der Waals surface area contributed by atoms with Crippen LogP contribution in [0.25, 0.3) is 0 Å². The van der Waals surface area contributed by atoms with Crippen molar-refractivity contribution in [3.8, 4) is 0 Å². The maximum atomic E-state index is 11.7. The molecular formula is C18H41N3O2. The predicted molar refractivity (Wildman–Crippen MR) is 101 cm³/mol. The van der Waals surface area contributed by atoms with Crippen LogP contribution in [0.2, 0.25) is 0 Å². The third-order valence-corrected chi connectivity index (χ3v) is 3.04. The average Bonchev–Trinajstić information content (AvgIpc) is 2.52. The van der Waals surface area contributed by atoms with E-state index in [0.29, 0.717) is 6.54 Å². The maximum absolute atomic E-state index is 11.7. The van der Waals surface area contributed by atoms with Gasteiger partial charge in [0.25, 0.3) is 0 Å². The Bertz CT molecular complexity index is 294. The fraction of sp³-hybridized carbons (Fsp3) is 0.889. The lowest BCUT2D eigenvalue weighted by Crippen LogP contribution is -2.39. The molecule has 0 saturated carbocycles. The molecule has 23 heavy (non-hydrogen) atoms. The number of amides is 1. The SMILES string of the molecule is CC.CC.CC(=O)CN(C)CCN(C)CCN(C)C(=O)C(C)C. The second-order valence-electron chi connectivity index (χ2n) is 5.66. The number of carbonyl (C=O) groups is 2. The molecule has 0 aliphatic heterocycles. The highest BCUT2D eigenvalue weighted by atomic mass is 16.2. The van der Waals surface area contributed by atoms with E-state index < -0.39 is 0 Å². The molecule has 5 nitrogen and oxygen atoms in total. The second kappa shape index (κ2) is 17.4. The Morgan fingerprint density at radius 3 is 1.57 bits per heavy atom. The van der Waals surface area contributed by atoms with Crippen molar-refractivity contribution in [3.63, 3.8) is 0 Å². The van der Waals surface area contributed by atoms with Gasteiger partial charge in [0.2, 0.25) is 5.91 Å². The number of nitrogens with zero attached hydrogens (tertiary/aromatic N) is 3. The summed E-state index contributed by atoms with van der Waals surface area (Å²) in [6.45, 7) is 17.3. The molecule has 0 fully saturated rings. The van der Waals surface area contributed by atoms with Crippen molar-refractivity contribution in [3.05, 3.63) is 0 Å². The molecule has 0 aromatic carbocycles.